The molecule has 1 aliphatic carbocycles. The van der Waals surface area contributed by atoms with Gasteiger partial charge in [0, 0.05) is 43.8 Å². The van der Waals surface area contributed by atoms with Crippen LogP contribution in [0.5, 0.6) is 5.88 Å². The Kier molecular flexibility index (Phi) is 5.94. The zero-order chi connectivity index (χ0) is 21.8. The Labute approximate surface area is 186 Å². The number of hydrogen-bond donors (Lipinski definition) is 1. The van der Waals surface area contributed by atoms with Gasteiger partial charge >= 0.3 is 0 Å². The molecule has 1 saturated carbocycles. The Morgan fingerprint density at radius 1 is 1.06 bits per heavy atom. The molecule has 0 atom stereocenters. The Bertz CT molecular complexity index is 1100. The van der Waals surface area contributed by atoms with Crippen LogP contribution in [0.3, 0.4) is 0 Å². The number of rotatable bonds is 5. The van der Waals surface area contributed by atoms with E-state index in [1.165, 1.54) is 0 Å². The lowest BCUT2D eigenvalue weighted by Gasteiger charge is -2.31. The van der Waals surface area contributed by atoms with Crippen molar-refractivity contribution in [2.24, 2.45) is 0 Å². The molecular formula is C23H25N7O2. The smallest absolute Gasteiger partial charge is 0.225 e. The summed E-state index contributed by atoms with van der Waals surface area (Å²) in [6, 6.07) is 8.08. The summed E-state index contributed by atoms with van der Waals surface area (Å²) in [5.74, 6) is 2.05. The van der Waals surface area contributed by atoms with Crippen molar-refractivity contribution >= 4 is 22.7 Å². The number of fused-ring (bicyclic) bond motifs is 1. The number of morpholine rings is 1. The van der Waals surface area contributed by atoms with Gasteiger partial charge in [-0.15, -0.1) is 0 Å². The van der Waals surface area contributed by atoms with E-state index in [-0.39, 0.29) is 6.10 Å². The van der Waals surface area contributed by atoms with Crippen LogP contribution in [0.15, 0.2) is 36.8 Å². The van der Waals surface area contributed by atoms with Gasteiger partial charge in [-0.05, 0) is 37.8 Å². The molecule has 164 valence electrons. The quantitative estimate of drug-likeness (QED) is 0.652. The van der Waals surface area contributed by atoms with Crippen molar-refractivity contribution in [1.29, 1.82) is 5.26 Å². The molecule has 2 fully saturated rings. The van der Waals surface area contributed by atoms with Crippen molar-refractivity contribution < 1.29 is 9.47 Å². The number of ether oxygens (including phenoxy) is 2. The summed E-state index contributed by atoms with van der Waals surface area (Å²) in [6.45, 7) is 2.93. The van der Waals surface area contributed by atoms with Crippen molar-refractivity contribution in [1.82, 2.24) is 19.9 Å². The van der Waals surface area contributed by atoms with Crippen LogP contribution in [0.1, 0.15) is 31.2 Å². The molecule has 0 spiro atoms. The minimum atomic E-state index is 0.0612. The lowest BCUT2D eigenvalue weighted by atomic mass is 9.93. The average molecular weight is 432 g/mol. The van der Waals surface area contributed by atoms with E-state index in [9.17, 15) is 5.26 Å². The van der Waals surface area contributed by atoms with Crippen LogP contribution < -0.4 is 15.0 Å². The van der Waals surface area contributed by atoms with Crippen LogP contribution >= 0.6 is 0 Å². The van der Waals surface area contributed by atoms with Crippen LogP contribution in [0.25, 0.3) is 10.9 Å². The Morgan fingerprint density at radius 3 is 2.59 bits per heavy atom. The maximum absolute atomic E-state index is 9.33. The zero-order valence-corrected chi connectivity index (χ0v) is 17.8. The molecule has 9 nitrogen and oxygen atoms in total. The first-order chi connectivity index (χ1) is 15.8. The van der Waals surface area contributed by atoms with Gasteiger partial charge in [0.1, 0.15) is 18.0 Å². The lowest BCUT2D eigenvalue weighted by Crippen LogP contribution is -2.37. The molecule has 4 heterocycles. The van der Waals surface area contributed by atoms with Crippen LogP contribution in [0.2, 0.25) is 0 Å². The molecule has 5 rings (SSSR count). The van der Waals surface area contributed by atoms with Gasteiger partial charge in [-0.1, -0.05) is 0 Å². The van der Waals surface area contributed by atoms with Crippen LogP contribution in [0.4, 0.5) is 11.8 Å². The van der Waals surface area contributed by atoms with Gasteiger partial charge in [0.05, 0.1) is 29.7 Å². The summed E-state index contributed by atoms with van der Waals surface area (Å²) < 4.78 is 11.9. The molecule has 0 aromatic carbocycles. The molecule has 0 radical (unpaired) electrons. The van der Waals surface area contributed by atoms with E-state index in [1.54, 1.807) is 18.6 Å². The van der Waals surface area contributed by atoms with Crippen LogP contribution in [0, 0.1) is 11.3 Å². The number of anilines is 2. The summed E-state index contributed by atoms with van der Waals surface area (Å²) in [6.07, 6.45) is 8.88. The minimum Gasteiger partial charge on any atom is -0.474 e. The maximum atomic E-state index is 9.33. The number of nitrogens with zero attached hydrogens (tertiary/aromatic N) is 6. The summed E-state index contributed by atoms with van der Waals surface area (Å²) in [4.78, 5) is 20.0. The molecule has 1 aliphatic heterocycles. The summed E-state index contributed by atoms with van der Waals surface area (Å²) in [5, 5.41) is 13.5. The molecule has 0 bridgehead atoms. The van der Waals surface area contributed by atoms with Gasteiger partial charge in [0.25, 0.3) is 0 Å². The summed E-state index contributed by atoms with van der Waals surface area (Å²) in [5.41, 5.74) is 1.28. The summed E-state index contributed by atoms with van der Waals surface area (Å²) in [7, 11) is 0. The third kappa shape index (κ3) is 4.55. The van der Waals surface area contributed by atoms with Gasteiger partial charge in [0.2, 0.25) is 11.8 Å². The van der Waals surface area contributed by atoms with E-state index in [0.29, 0.717) is 36.6 Å². The largest absolute Gasteiger partial charge is 0.474 e. The first kappa shape index (κ1) is 20.4. The first-order valence-corrected chi connectivity index (χ1v) is 11.0. The molecular weight excluding hydrogens is 406 g/mol. The van der Waals surface area contributed by atoms with Gasteiger partial charge in [-0.2, -0.15) is 10.2 Å². The standard InChI is InChI=1S/C23H25N7O2/c24-14-16-12-19-20(27-15-16)13-21(30-8-10-31-11-9-30)29-22(19)32-18-4-2-17(3-5-18)28-23-25-6-1-7-26-23/h1,6-7,12-13,15,17-18H,2-5,8-11H2,(H,25,26,28). The van der Waals surface area contributed by atoms with Crippen molar-refractivity contribution in [3.63, 3.8) is 0 Å². The third-order valence-electron chi connectivity index (χ3n) is 5.95. The zero-order valence-electron chi connectivity index (χ0n) is 17.8. The van der Waals surface area contributed by atoms with Crippen molar-refractivity contribution in [2.75, 3.05) is 36.5 Å². The highest BCUT2D eigenvalue weighted by Crippen LogP contribution is 2.32. The number of nitrogens with one attached hydrogen (secondary N) is 1. The molecule has 3 aromatic rings. The van der Waals surface area contributed by atoms with E-state index < -0.39 is 0 Å². The third-order valence-corrected chi connectivity index (χ3v) is 5.95. The SMILES string of the molecule is N#Cc1cnc2cc(N3CCOCC3)nc(OC3CCC(Nc4ncccn4)CC3)c2c1. The van der Waals surface area contributed by atoms with Crippen molar-refractivity contribution in [2.45, 2.75) is 37.8 Å². The van der Waals surface area contributed by atoms with Gasteiger partial charge in [-0.3, -0.25) is 4.98 Å². The van der Waals surface area contributed by atoms with Gasteiger partial charge in [-0.25, -0.2) is 9.97 Å². The highest BCUT2D eigenvalue weighted by Gasteiger charge is 2.25. The minimum absolute atomic E-state index is 0.0612. The van der Waals surface area contributed by atoms with Crippen molar-refractivity contribution in [3.8, 4) is 11.9 Å². The second kappa shape index (κ2) is 9.32. The Balaban J connectivity index is 1.34. The molecule has 9 heteroatoms. The average Bonchev–Trinajstić information content (AvgIpc) is 2.86. The molecule has 0 unspecified atom stereocenters. The first-order valence-electron chi connectivity index (χ1n) is 11.0. The second-order valence-electron chi connectivity index (χ2n) is 8.10. The van der Waals surface area contributed by atoms with Gasteiger partial charge in [0.15, 0.2) is 0 Å². The predicted molar refractivity (Wildman–Crippen MR) is 120 cm³/mol. The van der Waals surface area contributed by atoms with E-state index in [0.717, 1.165) is 55.5 Å². The lowest BCUT2D eigenvalue weighted by molar-refractivity contribution is 0.122. The number of nitriles is 1. The predicted octanol–water partition coefficient (Wildman–Crippen LogP) is 2.93. The van der Waals surface area contributed by atoms with Gasteiger partial charge < -0.3 is 19.7 Å². The van der Waals surface area contributed by atoms with E-state index >= 15 is 0 Å². The molecule has 0 amide bonds. The molecule has 2 aliphatic rings. The van der Waals surface area contributed by atoms with E-state index in [4.69, 9.17) is 14.5 Å². The molecule has 3 aromatic heterocycles. The maximum Gasteiger partial charge on any atom is 0.225 e. The fourth-order valence-corrected chi connectivity index (χ4v) is 4.22. The molecule has 32 heavy (non-hydrogen) atoms. The fraction of sp³-hybridized carbons (Fsp3) is 0.435. The topological polar surface area (TPSA) is 109 Å². The Morgan fingerprint density at radius 2 is 1.84 bits per heavy atom. The highest BCUT2D eigenvalue weighted by molar-refractivity contribution is 5.86. The van der Waals surface area contributed by atoms with E-state index in [2.05, 4.69) is 31.2 Å². The van der Waals surface area contributed by atoms with Crippen LogP contribution in [-0.2, 0) is 4.74 Å². The summed E-state index contributed by atoms with van der Waals surface area (Å²) >= 11 is 0. The second-order valence-corrected chi connectivity index (χ2v) is 8.10. The highest BCUT2D eigenvalue weighted by atomic mass is 16.5. The molecule has 1 saturated heterocycles. The fourth-order valence-electron chi connectivity index (χ4n) is 4.22. The normalized spacial score (nSPS) is 21.2. The molecule has 1 N–H and O–H groups in total. The number of pyridine rings is 2. The van der Waals surface area contributed by atoms with E-state index in [1.807, 2.05) is 18.2 Å². The Hall–Kier alpha value is -3.51. The van der Waals surface area contributed by atoms with Crippen molar-refractivity contribution in [3.05, 3.63) is 42.4 Å². The monoisotopic (exact) mass is 431 g/mol. The number of aromatic nitrogens is 4. The van der Waals surface area contributed by atoms with Crippen LogP contribution in [-0.4, -0.2) is 58.4 Å². The number of hydrogen-bond acceptors (Lipinski definition) is 9.